The minimum absolute atomic E-state index is 0.166. The molecule has 2 heterocycles. The van der Waals surface area contributed by atoms with Gasteiger partial charge in [0.25, 0.3) is 0 Å². The van der Waals surface area contributed by atoms with E-state index < -0.39 is 6.17 Å². The third kappa shape index (κ3) is 4.11. The van der Waals surface area contributed by atoms with E-state index in [0.717, 1.165) is 31.3 Å². The molecule has 0 N–H and O–H groups in total. The van der Waals surface area contributed by atoms with E-state index in [2.05, 4.69) is 70.5 Å². The van der Waals surface area contributed by atoms with Gasteiger partial charge in [-0.15, -0.1) is 0 Å². The maximum Gasteiger partial charge on any atom is 0.0973 e. The number of allylic oxidation sites excluding steroid dienone is 3. The molecule has 0 bridgehead atoms. The molecular weight excluding hydrogens is 345 g/mol. The van der Waals surface area contributed by atoms with Gasteiger partial charge in [-0.3, -0.25) is 0 Å². The lowest BCUT2D eigenvalue weighted by molar-refractivity contribution is 0.189. The van der Waals surface area contributed by atoms with Crippen LogP contribution in [0.25, 0.3) is 5.70 Å². The highest BCUT2D eigenvalue weighted by molar-refractivity contribution is 5.76. The third-order valence-corrected chi connectivity index (χ3v) is 6.31. The summed E-state index contributed by atoms with van der Waals surface area (Å²) in [5, 5.41) is 0. The third-order valence-electron chi connectivity index (χ3n) is 6.31. The van der Waals surface area contributed by atoms with Crippen molar-refractivity contribution in [2.75, 3.05) is 0 Å². The Bertz CT molecular complexity index is 820. The summed E-state index contributed by atoms with van der Waals surface area (Å²) in [6.45, 7) is 17.3. The van der Waals surface area contributed by atoms with Crippen molar-refractivity contribution in [2.24, 2.45) is 5.41 Å². The molecule has 1 aromatic carbocycles. The van der Waals surface area contributed by atoms with Gasteiger partial charge in [-0.25, -0.2) is 4.39 Å². The maximum atomic E-state index is 13.3. The molecule has 0 radical (unpaired) electrons. The van der Waals surface area contributed by atoms with Crippen LogP contribution in [0, 0.1) is 5.41 Å². The van der Waals surface area contributed by atoms with Crippen molar-refractivity contribution in [3.8, 4) is 0 Å². The second-order valence-electron chi connectivity index (χ2n) is 9.66. The number of rotatable bonds is 5. The largest absolute Gasteiger partial charge is 0.343 e. The Balaban J connectivity index is 2.05. The smallest absolute Gasteiger partial charge is 0.0973 e. The zero-order valence-electron chi connectivity index (χ0n) is 18.5. The summed E-state index contributed by atoms with van der Waals surface area (Å²) in [4.78, 5) is 2.48. The summed E-state index contributed by atoms with van der Waals surface area (Å²) in [7, 11) is 0. The van der Waals surface area contributed by atoms with Gasteiger partial charge in [0.1, 0.15) is 0 Å². The fraction of sp³-hybridized carbons (Fsp3) is 0.538. The molecule has 28 heavy (non-hydrogen) atoms. The zero-order valence-corrected chi connectivity index (χ0v) is 18.5. The van der Waals surface area contributed by atoms with Gasteiger partial charge in [0.2, 0.25) is 0 Å². The number of hydrogen-bond donors (Lipinski definition) is 0. The van der Waals surface area contributed by atoms with Crippen LogP contribution >= 0.6 is 0 Å². The van der Waals surface area contributed by atoms with Crippen LogP contribution in [0.5, 0.6) is 0 Å². The molecule has 0 amide bonds. The fourth-order valence-corrected chi connectivity index (χ4v) is 4.50. The van der Waals surface area contributed by atoms with E-state index in [1.807, 2.05) is 0 Å². The van der Waals surface area contributed by atoms with E-state index in [9.17, 15) is 4.39 Å². The van der Waals surface area contributed by atoms with E-state index in [-0.39, 0.29) is 5.41 Å². The van der Waals surface area contributed by atoms with Gasteiger partial charge in [-0.1, -0.05) is 40.3 Å². The van der Waals surface area contributed by atoms with Crippen molar-refractivity contribution in [3.05, 3.63) is 64.4 Å². The summed E-state index contributed by atoms with van der Waals surface area (Å²) in [5.41, 5.74) is 9.39. The standard InChI is InChI=1S/C26H36FN/c1-8-20-14-23-22(13-21(20)11-9-10-19(4)27)15-25(26(5,6)7)28-16-18(3)17(2)12-24(23)28/h12-14,16,19,25H,2,8-11,15H2,1,3-7H3. The van der Waals surface area contributed by atoms with Crippen LogP contribution in [0.2, 0.25) is 0 Å². The van der Waals surface area contributed by atoms with Gasteiger partial charge in [0, 0.05) is 23.5 Å². The molecule has 1 aromatic rings. The highest BCUT2D eigenvalue weighted by atomic mass is 19.1. The van der Waals surface area contributed by atoms with Crippen molar-refractivity contribution >= 4 is 5.70 Å². The van der Waals surface area contributed by atoms with Crippen molar-refractivity contribution in [1.82, 2.24) is 4.90 Å². The number of alkyl halides is 1. The number of nitrogens with zero attached hydrogens (tertiary/aromatic N) is 1. The summed E-state index contributed by atoms with van der Waals surface area (Å²) in [5.74, 6) is 0. The van der Waals surface area contributed by atoms with E-state index in [0.29, 0.717) is 12.5 Å². The number of halogens is 1. The highest BCUT2D eigenvalue weighted by Crippen LogP contribution is 2.43. The first-order valence-electron chi connectivity index (χ1n) is 10.8. The molecular formula is C26H36FN. The van der Waals surface area contributed by atoms with Crippen LogP contribution in [0.4, 0.5) is 4.39 Å². The Hall–Kier alpha value is -1.83. The van der Waals surface area contributed by atoms with Crippen LogP contribution in [-0.4, -0.2) is 17.1 Å². The summed E-state index contributed by atoms with van der Waals surface area (Å²) in [6, 6.07) is 5.23. The first-order chi connectivity index (χ1) is 13.1. The topological polar surface area (TPSA) is 3.24 Å². The molecule has 2 aliphatic heterocycles. The molecule has 2 aliphatic rings. The van der Waals surface area contributed by atoms with Gasteiger partial charge in [0.15, 0.2) is 0 Å². The molecule has 2 atom stereocenters. The van der Waals surface area contributed by atoms with Crippen LogP contribution < -0.4 is 0 Å². The van der Waals surface area contributed by atoms with Gasteiger partial charge < -0.3 is 4.90 Å². The molecule has 2 unspecified atom stereocenters. The number of benzene rings is 1. The van der Waals surface area contributed by atoms with Crippen molar-refractivity contribution in [2.45, 2.75) is 85.9 Å². The van der Waals surface area contributed by atoms with E-state index in [1.54, 1.807) is 6.92 Å². The van der Waals surface area contributed by atoms with Crippen LogP contribution in [-0.2, 0) is 19.3 Å². The molecule has 0 aromatic heterocycles. The summed E-state index contributed by atoms with van der Waals surface area (Å²) >= 11 is 0. The van der Waals surface area contributed by atoms with Crippen molar-refractivity contribution in [3.63, 3.8) is 0 Å². The molecule has 0 saturated heterocycles. The summed E-state index contributed by atoms with van der Waals surface area (Å²) in [6.07, 6.45) is 8.43. The van der Waals surface area contributed by atoms with Crippen molar-refractivity contribution in [1.29, 1.82) is 0 Å². The van der Waals surface area contributed by atoms with E-state index in [4.69, 9.17) is 0 Å². The Kier molecular flexibility index (Phi) is 5.89. The molecule has 3 rings (SSSR count). The second kappa shape index (κ2) is 7.89. The Morgan fingerprint density at radius 2 is 1.96 bits per heavy atom. The average molecular weight is 382 g/mol. The lowest BCUT2D eigenvalue weighted by Crippen LogP contribution is -2.45. The van der Waals surface area contributed by atoms with Crippen molar-refractivity contribution < 1.29 is 4.39 Å². The molecule has 0 saturated carbocycles. The Morgan fingerprint density at radius 3 is 2.57 bits per heavy atom. The predicted molar refractivity (Wildman–Crippen MR) is 119 cm³/mol. The van der Waals surface area contributed by atoms with Gasteiger partial charge in [0.05, 0.1) is 6.17 Å². The first-order valence-corrected chi connectivity index (χ1v) is 10.8. The average Bonchev–Trinajstić information content (AvgIpc) is 2.60. The normalized spacial score (nSPS) is 20.3. The van der Waals surface area contributed by atoms with Crippen LogP contribution in [0.3, 0.4) is 0 Å². The Labute approximate surface area is 171 Å². The molecule has 0 spiro atoms. The quantitative estimate of drug-likeness (QED) is 0.530. The highest BCUT2D eigenvalue weighted by Gasteiger charge is 2.37. The lowest BCUT2D eigenvalue weighted by Gasteiger charge is -2.47. The van der Waals surface area contributed by atoms with Gasteiger partial charge in [-0.05, 0) is 91.3 Å². The molecule has 0 aliphatic carbocycles. The second-order valence-corrected chi connectivity index (χ2v) is 9.66. The lowest BCUT2D eigenvalue weighted by atomic mass is 9.75. The number of fused-ring (bicyclic) bond motifs is 3. The summed E-state index contributed by atoms with van der Waals surface area (Å²) < 4.78 is 13.3. The molecule has 152 valence electrons. The van der Waals surface area contributed by atoms with Gasteiger partial charge in [-0.2, -0.15) is 0 Å². The minimum atomic E-state index is -0.713. The van der Waals surface area contributed by atoms with Gasteiger partial charge >= 0.3 is 0 Å². The van der Waals surface area contributed by atoms with E-state index >= 15 is 0 Å². The van der Waals surface area contributed by atoms with Crippen LogP contribution in [0.15, 0.2) is 42.1 Å². The minimum Gasteiger partial charge on any atom is -0.343 e. The first kappa shape index (κ1) is 20.9. The molecule has 1 nitrogen and oxygen atoms in total. The fourth-order valence-electron chi connectivity index (χ4n) is 4.50. The number of aryl methyl sites for hydroxylation is 2. The van der Waals surface area contributed by atoms with Crippen LogP contribution in [0.1, 0.15) is 76.6 Å². The monoisotopic (exact) mass is 381 g/mol. The number of hydrogen-bond acceptors (Lipinski definition) is 1. The molecule has 2 heteroatoms. The predicted octanol–water partition coefficient (Wildman–Crippen LogP) is 7.02. The molecule has 0 fully saturated rings. The maximum absolute atomic E-state index is 13.3. The Morgan fingerprint density at radius 1 is 1.25 bits per heavy atom. The van der Waals surface area contributed by atoms with E-state index in [1.165, 1.54) is 33.5 Å². The SMILES string of the molecule is C=C1C=C2c3cc(CC)c(CCCC(C)F)cc3CC(C(C)(C)C)N2C=C1C. The zero-order chi connectivity index (χ0) is 20.6.